The van der Waals surface area contributed by atoms with Gasteiger partial charge in [-0.3, -0.25) is 4.79 Å². The van der Waals surface area contributed by atoms with Gasteiger partial charge in [0.25, 0.3) is 0 Å². The fraction of sp³-hybridized carbons (Fsp3) is 0.458. The molecular formula is C24H29ClO7. The van der Waals surface area contributed by atoms with Crippen LogP contribution in [0.4, 0.5) is 0 Å². The number of hydrogen-bond acceptors (Lipinski definition) is 7. The van der Waals surface area contributed by atoms with Crippen molar-refractivity contribution in [2.75, 3.05) is 33.2 Å². The molecule has 1 fully saturated rings. The Bertz CT molecular complexity index is 871. The highest BCUT2D eigenvalue weighted by Gasteiger charge is 2.29. The Hall–Kier alpha value is -2.00. The number of Topliss-reactive ketones (excluding diaryl/α,β-unsaturated/α-hetero) is 1. The summed E-state index contributed by atoms with van der Waals surface area (Å²) in [5.41, 5.74) is 2.55. The van der Waals surface area contributed by atoms with Crippen molar-refractivity contribution in [3.63, 3.8) is 0 Å². The smallest absolute Gasteiger partial charge is 0.184 e. The monoisotopic (exact) mass is 464 g/mol. The van der Waals surface area contributed by atoms with Crippen LogP contribution in [0.25, 0.3) is 0 Å². The first kappa shape index (κ1) is 24.6. The van der Waals surface area contributed by atoms with Crippen molar-refractivity contribution in [3.8, 4) is 5.75 Å². The van der Waals surface area contributed by atoms with Gasteiger partial charge in [-0.1, -0.05) is 35.9 Å². The molecule has 0 aliphatic carbocycles. The SMILES string of the molecule is CCOc1ccc(Cc2cc(C3OCOCC(=O)COCCC(O)C3O)ccc2Cl)cc1. The van der Waals surface area contributed by atoms with Crippen LogP contribution in [0.2, 0.25) is 5.02 Å². The number of aliphatic hydroxyl groups is 2. The van der Waals surface area contributed by atoms with Crippen molar-refractivity contribution in [1.82, 2.24) is 0 Å². The fourth-order valence-electron chi connectivity index (χ4n) is 3.47. The Labute approximate surface area is 192 Å². The molecule has 3 unspecified atom stereocenters. The highest BCUT2D eigenvalue weighted by atomic mass is 35.5. The van der Waals surface area contributed by atoms with Crippen molar-refractivity contribution in [3.05, 3.63) is 64.2 Å². The lowest BCUT2D eigenvalue weighted by atomic mass is 9.95. The average Bonchev–Trinajstić information content (AvgIpc) is 2.78. The van der Waals surface area contributed by atoms with Crippen molar-refractivity contribution in [2.24, 2.45) is 0 Å². The maximum absolute atomic E-state index is 11.7. The summed E-state index contributed by atoms with van der Waals surface area (Å²) < 4.78 is 21.7. The minimum Gasteiger partial charge on any atom is -0.494 e. The molecule has 1 aliphatic heterocycles. The quantitative estimate of drug-likeness (QED) is 0.702. The molecule has 0 spiro atoms. The Morgan fingerprint density at radius 3 is 2.59 bits per heavy atom. The van der Waals surface area contributed by atoms with Crippen LogP contribution >= 0.6 is 11.6 Å². The Balaban J connectivity index is 1.79. The predicted molar refractivity (Wildman–Crippen MR) is 119 cm³/mol. The molecule has 3 rings (SSSR count). The third-order valence-electron chi connectivity index (χ3n) is 5.15. The number of carbonyl (C=O) groups excluding carboxylic acids is 1. The Kier molecular flexibility index (Phi) is 9.47. The van der Waals surface area contributed by atoms with Crippen LogP contribution in [-0.4, -0.2) is 61.4 Å². The third-order valence-corrected chi connectivity index (χ3v) is 5.52. The lowest BCUT2D eigenvalue weighted by Crippen LogP contribution is -2.36. The zero-order chi connectivity index (χ0) is 22.9. The molecule has 0 saturated carbocycles. The second-order valence-electron chi connectivity index (χ2n) is 7.60. The Morgan fingerprint density at radius 1 is 1.09 bits per heavy atom. The van der Waals surface area contributed by atoms with Crippen molar-refractivity contribution in [1.29, 1.82) is 0 Å². The van der Waals surface area contributed by atoms with E-state index in [1.54, 1.807) is 12.1 Å². The van der Waals surface area contributed by atoms with E-state index in [-0.39, 0.29) is 38.8 Å². The maximum atomic E-state index is 11.7. The summed E-state index contributed by atoms with van der Waals surface area (Å²) in [6.45, 7) is 2.22. The van der Waals surface area contributed by atoms with E-state index in [0.29, 0.717) is 23.6 Å². The van der Waals surface area contributed by atoms with E-state index >= 15 is 0 Å². The summed E-state index contributed by atoms with van der Waals surface area (Å²) in [7, 11) is 0. The van der Waals surface area contributed by atoms with Gasteiger partial charge in [0, 0.05) is 11.6 Å². The molecule has 2 aromatic carbocycles. The Morgan fingerprint density at radius 2 is 1.84 bits per heavy atom. The van der Waals surface area contributed by atoms with Gasteiger partial charge in [0.1, 0.15) is 38.0 Å². The number of aliphatic hydroxyl groups excluding tert-OH is 2. The summed E-state index contributed by atoms with van der Waals surface area (Å²) in [5, 5.41) is 21.8. The van der Waals surface area contributed by atoms with Crippen LogP contribution in [0.15, 0.2) is 42.5 Å². The first-order valence-electron chi connectivity index (χ1n) is 10.6. The van der Waals surface area contributed by atoms with Crippen LogP contribution in [0.1, 0.15) is 36.1 Å². The van der Waals surface area contributed by atoms with Crippen molar-refractivity contribution in [2.45, 2.75) is 38.1 Å². The van der Waals surface area contributed by atoms with Crippen LogP contribution in [0, 0.1) is 0 Å². The molecule has 0 aromatic heterocycles. The number of hydrogen-bond donors (Lipinski definition) is 2. The molecule has 1 saturated heterocycles. The number of carbonyl (C=O) groups is 1. The molecule has 7 nitrogen and oxygen atoms in total. The van der Waals surface area contributed by atoms with Crippen LogP contribution in [0.5, 0.6) is 5.75 Å². The topological polar surface area (TPSA) is 94.5 Å². The molecule has 8 heteroatoms. The molecule has 1 heterocycles. The average molecular weight is 465 g/mol. The molecule has 1 aliphatic rings. The molecule has 32 heavy (non-hydrogen) atoms. The number of rotatable bonds is 5. The number of ketones is 1. The van der Waals surface area contributed by atoms with E-state index in [1.165, 1.54) is 0 Å². The predicted octanol–water partition coefficient (Wildman–Crippen LogP) is 3.07. The maximum Gasteiger partial charge on any atom is 0.184 e. The largest absolute Gasteiger partial charge is 0.494 e. The van der Waals surface area contributed by atoms with Crippen LogP contribution < -0.4 is 4.74 Å². The second-order valence-corrected chi connectivity index (χ2v) is 8.00. The fourth-order valence-corrected chi connectivity index (χ4v) is 3.65. The van der Waals surface area contributed by atoms with Crippen molar-refractivity contribution < 1.29 is 34.0 Å². The van der Waals surface area contributed by atoms with E-state index in [0.717, 1.165) is 16.9 Å². The van der Waals surface area contributed by atoms with E-state index in [1.807, 2.05) is 37.3 Å². The van der Waals surface area contributed by atoms with Gasteiger partial charge in [0.15, 0.2) is 5.78 Å². The van der Waals surface area contributed by atoms with E-state index < -0.39 is 18.3 Å². The number of benzene rings is 2. The molecular weight excluding hydrogens is 436 g/mol. The summed E-state index contributed by atoms with van der Waals surface area (Å²) in [4.78, 5) is 11.7. The molecule has 3 atom stereocenters. The highest BCUT2D eigenvalue weighted by molar-refractivity contribution is 6.31. The lowest BCUT2D eigenvalue weighted by molar-refractivity contribution is -0.162. The van der Waals surface area contributed by atoms with E-state index in [9.17, 15) is 15.0 Å². The molecule has 2 aromatic rings. The zero-order valence-electron chi connectivity index (χ0n) is 18.0. The minimum absolute atomic E-state index is 0.0989. The highest BCUT2D eigenvalue weighted by Crippen LogP contribution is 2.30. The molecule has 0 bridgehead atoms. The van der Waals surface area contributed by atoms with Gasteiger partial charge in [-0.15, -0.1) is 0 Å². The summed E-state index contributed by atoms with van der Waals surface area (Å²) >= 11 is 6.44. The van der Waals surface area contributed by atoms with Gasteiger partial charge in [0.05, 0.1) is 12.7 Å². The number of halogens is 1. The van der Waals surface area contributed by atoms with Gasteiger partial charge in [-0.05, 0) is 54.7 Å². The summed E-state index contributed by atoms with van der Waals surface area (Å²) in [6.07, 6.45) is -2.43. The molecule has 174 valence electrons. The second kappa shape index (κ2) is 12.3. The molecule has 2 N–H and O–H groups in total. The van der Waals surface area contributed by atoms with Crippen LogP contribution in [0.3, 0.4) is 0 Å². The standard InChI is InChI=1S/C24H29ClO7/c1-2-31-20-6-3-16(4-7-20)11-18-12-17(5-8-21(18)25)24-23(28)22(27)9-10-29-13-19(26)14-30-15-32-24/h3-8,12,22-24,27-28H,2,9-11,13-15H2,1H3. The summed E-state index contributed by atoms with van der Waals surface area (Å²) in [6, 6.07) is 13.1. The normalized spacial score (nSPS) is 23.2. The van der Waals surface area contributed by atoms with Crippen molar-refractivity contribution >= 4 is 17.4 Å². The lowest BCUT2D eigenvalue weighted by Gasteiger charge is -2.28. The zero-order valence-corrected chi connectivity index (χ0v) is 18.8. The molecule has 0 radical (unpaired) electrons. The first-order valence-corrected chi connectivity index (χ1v) is 11.0. The minimum atomic E-state index is -1.21. The van der Waals surface area contributed by atoms with Gasteiger partial charge < -0.3 is 29.2 Å². The first-order chi connectivity index (χ1) is 15.5. The summed E-state index contributed by atoms with van der Waals surface area (Å²) in [5.74, 6) is 0.585. The van der Waals surface area contributed by atoms with Gasteiger partial charge >= 0.3 is 0 Å². The van der Waals surface area contributed by atoms with Crippen LogP contribution in [-0.2, 0) is 25.4 Å². The van der Waals surface area contributed by atoms with E-state index in [2.05, 4.69) is 0 Å². The van der Waals surface area contributed by atoms with E-state index in [4.69, 9.17) is 30.5 Å². The molecule has 0 amide bonds. The van der Waals surface area contributed by atoms with Gasteiger partial charge in [-0.25, -0.2) is 0 Å². The van der Waals surface area contributed by atoms with Gasteiger partial charge in [0.2, 0.25) is 0 Å². The van der Waals surface area contributed by atoms with Gasteiger partial charge in [-0.2, -0.15) is 0 Å². The number of ether oxygens (including phenoxy) is 4. The third kappa shape index (κ3) is 7.00.